The third-order valence-corrected chi connectivity index (χ3v) is 4.47. The van der Waals surface area contributed by atoms with Gasteiger partial charge in [-0.05, 0) is 65.8 Å². The van der Waals surface area contributed by atoms with E-state index in [1.807, 2.05) is 36.4 Å². The molecule has 5 heteroatoms. The van der Waals surface area contributed by atoms with Gasteiger partial charge in [0.1, 0.15) is 11.5 Å². The molecule has 0 saturated heterocycles. The van der Waals surface area contributed by atoms with Gasteiger partial charge in [-0.3, -0.25) is 4.79 Å². The van der Waals surface area contributed by atoms with Crippen LogP contribution in [0.15, 0.2) is 42.6 Å². The second-order valence-electron chi connectivity index (χ2n) is 5.56. The molecule has 0 amide bonds. The normalized spacial score (nSPS) is 13.1. The van der Waals surface area contributed by atoms with Crippen molar-refractivity contribution in [1.82, 2.24) is 4.98 Å². The Balaban J connectivity index is 2.01. The molecule has 0 aliphatic rings. The van der Waals surface area contributed by atoms with Crippen LogP contribution in [0, 0.1) is 9.49 Å². The molecule has 0 fully saturated rings. The first-order valence-corrected chi connectivity index (χ1v) is 9.25. The second-order valence-corrected chi connectivity index (χ2v) is 6.81. The molecule has 1 aromatic heterocycles. The fourth-order valence-electron chi connectivity index (χ4n) is 2.51. The van der Waals surface area contributed by atoms with E-state index in [-0.39, 0.29) is 5.92 Å². The molecule has 0 N–H and O–H groups in total. The van der Waals surface area contributed by atoms with Crippen molar-refractivity contribution in [3.8, 4) is 17.4 Å². The molecule has 2 aromatic rings. The van der Waals surface area contributed by atoms with Gasteiger partial charge in [-0.1, -0.05) is 20.3 Å². The number of pyridine rings is 1. The number of aromatic nitrogens is 1. The number of aldehydes is 1. The summed E-state index contributed by atoms with van der Waals surface area (Å²) in [5.74, 6) is 2.15. The highest BCUT2D eigenvalue weighted by Crippen LogP contribution is 2.25. The fraction of sp³-hybridized carbons (Fsp3) is 0.368. The molecule has 0 aliphatic heterocycles. The molecule has 0 bridgehead atoms. The summed E-state index contributed by atoms with van der Waals surface area (Å²) in [7, 11) is 0. The average molecular weight is 439 g/mol. The summed E-state index contributed by atoms with van der Waals surface area (Å²) in [6, 6.07) is 11.0. The van der Waals surface area contributed by atoms with Crippen LogP contribution in [0.25, 0.3) is 0 Å². The maximum atomic E-state index is 11.4. The van der Waals surface area contributed by atoms with Gasteiger partial charge < -0.3 is 9.47 Å². The summed E-state index contributed by atoms with van der Waals surface area (Å²) in [5, 5.41) is 0. The number of nitrogens with zero attached hydrogens (tertiary/aromatic N) is 1. The lowest BCUT2D eigenvalue weighted by molar-refractivity contribution is -0.116. The van der Waals surface area contributed by atoms with E-state index in [2.05, 4.69) is 41.4 Å². The van der Waals surface area contributed by atoms with Gasteiger partial charge in [0.25, 0.3) is 0 Å². The Kier molecular flexibility index (Phi) is 7.49. The van der Waals surface area contributed by atoms with Crippen molar-refractivity contribution in [1.29, 1.82) is 0 Å². The monoisotopic (exact) mass is 439 g/mol. The van der Waals surface area contributed by atoms with Crippen molar-refractivity contribution in [2.75, 3.05) is 0 Å². The Morgan fingerprint density at radius 3 is 2.46 bits per heavy atom. The summed E-state index contributed by atoms with van der Waals surface area (Å²) in [4.78, 5) is 15.5. The maximum Gasteiger partial charge on any atom is 0.220 e. The van der Waals surface area contributed by atoms with Crippen LogP contribution in [0.1, 0.15) is 33.1 Å². The number of rotatable bonds is 9. The molecule has 1 heterocycles. The highest BCUT2D eigenvalue weighted by atomic mass is 127. The van der Waals surface area contributed by atoms with Crippen LogP contribution in [0.2, 0.25) is 0 Å². The number of ether oxygens (including phenoxy) is 2. The molecule has 2 atom stereocenters. The first-order valence-electron chi connectivity index (χ1n) is 8.17. The predicted octanol–water partition coefficient (Wildman–Crippen LogP) is 5.25. The molecule has 0 spiro atoms. The zero-order valence-electron chi connectivity index (χ0n) is 13.9. The second kappa shape index (κ2) is 9.61. The lowest BCUT2D eigenvalue weighted by atomic mass is 9.95. The minimum absolute atomic E-state index is 0.249. The van der Waals surface area contributed by atoms with Crippen LogP contribution in [-0.4, -0.2) is 17.4 Å². The topological polar surface area (TPSA) is 48.4 Å². The van der Waals surface area contributed by atoms with E-state index in [1.165, 1.54) is 0 Å². The molecule has 2 rings (SSSR count). The largest absolute Gasteiger partial charge is 0.483 e. The molecule has 0 aliphatic carbocycles. The molecule has 1 aromatic carbocycles. The maximum absolute atomic E-state index is 11.4. The summed E-state index contributed by atoms with van der Waals surface area (Å²) in [5.41, 5.74) is 0. The van der Waals surface area contributed by atoms with Crippen LogP contribution in [0.5, 0.6) is 17.4 Å². The van der Waals surface area contributed by atoms with Crippen molar-refractivity contribution in [3.05, 3.63) is 46.2 Å². The number of hydrogen-bond acceptors (Lipinski definition) is 4. The Morgan fingerprint density at radius 1 is 1.17 bits per heavy atom. The van der Waals surface area contributed by atoms with Gasteiger partial charge in [0.15, 0.2) is 12.4 Å². The van der Waals surface area contributed by atoms with E-state index in [0.717, 1.165) is 29.1 Å². The number of halogens is 1. The zero-order valence-corrected chi connectivity index (χ0v) is 16.1. The lowest BCUT2D eigenvalue weighted by Crippen LogP contribution is -2.28. The number of carbonyl (C=O) groups excluding carboxylic acids is 1. The van der Waals surface area contributed by atoms with Crippen LogP contribution in [0.3, 0.4) is 0 Å². The van der Waals surface area contributed by atoms with Gasteiger partial charge in [0, 0.05) is 21.8 Å². The highest BCUT2D eigenvalue weighted by Gasteiger charge is 2.20. The molecule has 24 heavy (non-hydrogen) atoms. The third kappa shape index (κ3) is 5.47. The minimum Gasteiger partial charge on any atom is -0.483 e. The Bertz CT molecular complexity index is 645. The van der Waals surface area contributed by atoms with E-state index in [4.69, 9.17) is 9.47 Å². The van der Waals surface area contributed by atoms with Gasteiger partial charge in [0.05, 0.1) is 0 Å². The van der Waals surface area contributed by atoms with Crippen LogP contribution < -0.4 is 9.47 Å². The first-order chi connectivity index (χ1) is 11.7. The first kappa shape index (κ1) is 18.7. The van der Waals surface area contributed by atoms with Crippen LogP contribution >= 0.6 is 22.6 Å². The summed E-state index contributed by atoms with van der Waals surface area (Å²) in [6.45, 7) is 4.21. The molecule has 2 unspecified atom stereocenters. The van der Waals surface area contributed by atoms with E-state index in [0.29, 0.717) is 17.4 Å². The fourth-order valence-corrected chi connectivity index (χ4v) is 2.94. The van der Waals surface area contributed by atoms with Gasteiger partial charge >= 0.3 is 0 Å². The summed E-state index contributed by atoms with van der Waals surface area (Å²) < 4.78 is 12.6. The number of hydrogen-bond donors (Lipinski definition) is 0. The van der Waals surface area contributed by atoms with Crippen molar-refractivity contribution >= 4 is 28.9 Å². The molecule has 128 valence electrons. The van der Waals surface area contributed by atoms with Crippen LogP contribution in [0.4, 0.5) is 0 Å². The van der Waals surface area contributed by atoms with Gasteiger partial charge in [-0.2, -0.15) is 0 Å². The standard InChI is InChI=1S/C19H22INO3/c1-3-5-14(4-2)18(13-22)23-16-6-8-17(9-7-16)24-19-12-15(20)10-11-21-19/h6-14,18H,3-5H2,1-2H3. The van der Waals surface area contributed by atoms with Gasteiger partial charge in [0.2, 0.25) is 5.88 Å². The number of carbonyl (C=O) groups is 1. The molecule has 0 saturated carbocycles. The Hall–Kier alpha value is -1.63. The minimum atomic E-state index is -0.404. The van der Waals surface area contributed by atoms with Crippen LogP contribution in [-0.2, 0) is 4.79 Å². The highest BCUT2D eigenvalue weighted by molar-refractivity contribution is 14.1. The van der Waals surface area contributed by atoms with Gasteiger partial charge in [-0.25, -0.2) is 4.98 Å². The van der Waals surface area contributed by atoms with E-state index < -0.39 is 6.10 Å². The Morgan fingerprint density at radius 2 is 1.88 bits per heavy atom. The summed E-state index contributed by atoms with van der Waals surface area (Å²) in [6.07, 6.45) is 5.17. The zero-order chi connectivity index (χ0) is 17.4. The Labute approximate surface area is 156 Å². The molecular formula is C19H22INO3. The van der Waals surface area contributed by atoms with E-state index in [1.54, 1.807) is 6.20 Å². The quantitative estimate of drug-likeness (QED) is 0.396. The van der Waals surface area contributed by atoms with Crippen molar-refractivity contribution in [2.24, 2.45) is 5.92 Å². The SMILES string of the molecule is CCCC(CC)C(C=O)Oc1ccc(Oc2cc(I)ccn2)cc1. The third-order valence-electron chi connectivity index (χ3n) is 3.80. The lowest BCUT2D eigenvalue weighted by Gasteiger charge is -2.22. The molecule has 4 nitrogen and oxygen atoms in total. The molecule has 0 radical (unpaired) electrons. The number of benzene rings is 1. The molecular weight excluding hydrogens is 417 g/mol. The summed E-state index contributed by atoms with van der Waals surface area (Å²) >= 11 is 2.21. The smallest absolute Gasteiger partial charge is 0.220 e. The van der Waals surface area contributed by atoms with E-state index >= 15 is 0 Å². The van der Waals surface area contributed by atoms with E-state index in [9.17, 15) is 4.79 Å². The average Bonchev–Trinajstić information content (AvgIpc) is 2.59. The van der Waals surface area contributed by atoms with Crippen molar-refractivity contribution in [2.45, 2.75) is 39.2 Å². The predicted molar refractivity (Wildman–Crippen MR) is 103 cm³/mol. The van der Waals surface area contributed by atoms with Gasteiger partial charge in [-0.15, -0.1) is 0 Å². The van der Waals surface area contributed by atoms with Crippen molar-refractivity contribution in [3.63, 3.8) is 0 Å². The van der Waals surface area contributed by atoms with Crippen molar-refractivity contribution < 1.29 is 14.3 Å².